The van der Waals surface area contributed by atoms with E-state index in [1.165, 1.54) is 28.7 Å². The molecule has 0 N–H and O–H groups in total. The number of carbonyl (C=O) groups is 1. The zero-order valence-electron chi connectivity index (χ0n) is 14.8. The van der Waals surface area contributed by atoms with Crippen molar-refractivity contribution in [2.75, 3.05) is 13.1 Å². The van der Waals surface area contributed by atoms with Crippen molar-refractivity contribution in [3.63, 3.8) is 0 Å². The molecular weight excluding hydrogens is 332 g/mol. The molecule has 1 aromatic heterocycles. The number of aromatic nitrogens is 3. The fraction of sp³-hybridized carbons (Fsp3) is 0.526. The zero-order valence-corrected chi connectivity index (χ0v) is 15.6. The summed E-state index contributed by atoms with van der Waals surface area (Å²) >= 11 is 1.58. The molecule has 1 saturated heterocycles. The van der Waals surface area contributed by atoms with E-state index < -0.39 is 0 Å². The van der Waals surface area contributed by atoms with Gasteiger partial charge in [-0.15, -0.1) is 5.10 Å². The van der Waals surface area contributed by atoms with Gasteiger partial charge in [-0.1, -0.05) is 49.9 Å². The van der Waals surface area contributed by atoms with Crippen LogP contribution in [0.2, 0.25) is 0 Å². The van der Waals surface area contributed by atoms with Gasteiger partial charge in [0.05, 0.1) is 6.04 Å². The minimum Gasteiger partial charge on any atom is -0.295 e. The highest BCUT2D eigenvalue weighted by Crippen LogP contribution is 2.42. The fourth-order valence-electron chi connectivity index (χ4n) is 3.74. The molecule has 2 aliphatic heterocycles. The first kappa shape index (κ1) is 16.8. The quantitative estimate of drug-likeness (QED) is 0.822. The molecule has 0 spiro atoms. The SMILES string of the molecule is CCc1ccc(C(C2Sc3nc(CC)nn3C2=O)N2CCCC2)cc1. The molecule has 3 heterocycles. The van der Waals surface area contributed by atoms with Gasteiger partial charge in [-0.2, -0.15) is 4.68 Å². The van der Waals surface area contributed by atoms with Gasteiger partial charge in [0.2, 0.25) is 0 Å². The maximum Gasteiger partial charge on any atom is 0.264 e. The van der Waals surface area contributed by atoms with Gasteiger partial charge in [-0.3, -0.25) is 9.69 Å². The van der Waals surface area contributed by atoms with E-state index in [4.69, 9.17) is 0 Å². The lowest BCUT2D eigenvalue weighted by Crippen LogP contribution is -2.37. The van der Waals surface area contributed by atoms with Gasteiger partial charge < -0.3 is 0 Å². The van der Waals surface area contributed by atoms with Gasteiger partial charge in [0.15, 0.2) is 11.0 Å². The van der Waals surface area contributed by atoms with E-state index in [0.717, 1.165) is 36.9 Å². The van der Waals surface area contributed by atoms with Gasteiger partial charge in [0.1, 0.15) is 5.25 Å². The first-order chi connectivity index (χ1) is 12.2. The molecule has 132 valence electrons. The standard InChI is InChI=1S/C19H24N4OS/c1-3-13-7-9-14(10-8-13)16(22-11-5-6-12-22)17-18(24)23-19(25-17)20-15(4-2)21-23/h7-10,16-17H,3-6,11-12H2,1-2H3. The number of rotatable bonds is 5. The molecule has 2 unspecified atom stereocenters. The number of hydrogen-bond acceptors (Lipinski definition) is 5. The molecular formula is C19H24N4OS. The Bertz CT molecular complexity index is 764. The van der Waals surface area contributed by atoms with E-state index in [1.807, 2.05) is 6.92 Å². The number of carbonyl (C=O) groups excluding carboxylic acids is 1. The molecule has 1 fully saturated rings. The Morgan fingerprint density at radius 1 is 1.16 bits per heavy atom. The van der Waals surface area contributed by atoms with Crippen molar-refractivity contribution >= 4 is 17.7 Å². The maximum absolute atomic E-state index is 13.0. The van der Waals surface area contributed by atoms with E-state index in [1.54, 1.807) is 11.8 Å². The highest BCUT2D eigenvalue weighted by atomic mass is 32.2. The Morgan fingerprint density at radius 3 is 2.48 bits per heavy atom. The van der Waals surface area contributed by atoms with Gasteiger partial charge in [-0.05, 0) is 43.5 Å². The van der Waals surface area contributed by atoms with Crippen molar-refractivity contribution in [1.29, 1.82) is 0 Å². The van der Waals surface area contributed by atoms with E-state index in [2.05, 4.69) is 46.2 Å². The third kappa shape index (κ3) is 3.02. The number of hydrogen-bond donors (Lipinski definition) is 0. The summed E-state index contributed by atoms with van der Waals surface area (Å²) in [6.07, 6.45) is 4.20. The van der Waals surface area contributed by atoms with Crippen LogP contribution in [0.5, 0.6) is 0 Å². The van der Waals surface area contributed by atoms with Crippen molar-refractivity contribution in [2.45, 2.75) is 56.0 Å². The molecule has 1 aromatic carbocycles. The molecule has 0 amide bonds. The minimum atomic E-state index is -0.161. The van der Waals surface area contributed by atoms with Gasteiger partial charge in [0, 0.05) is 6.42 Å². The number of nitrogens with zero attached hydrogens (tertiary/aromatic N) is 4. The number of thioether (sulfide) groups is 1. The Kier molecular flexibility index (Phi) is 4.65. The van der Waals surface area contributed by atoms with Crippen LogP contribution in [0, 0.1) is 0 Å². The third-order valence-electron chi connectivity index (χ3n) is 5.17. The maximum atomic E-state index is 13.0. The van der Waals surface area contributed by atoms with Crippen LogP contribution in [-0.2, 0) is 12.8 Å². The molecule has 5 nitrogen and oxygen atoms in total. The van der Waals surface area contributed by atoms with Crippen molar-refractivity contribution in [2.24, 2.45) is 0 Å². The average Bonchev–Trinajstić information content (AvgIpc) is 3.35. The lowest BCUT2D eigenvalue weighted by molar-refractivity contribution is 0.0847. The summed E-state index contributed by atoms with van der Waals surface area (Å²) in [5.41, 5.74) is 2.56. The first-order valence-electron chi connectivity index (χ1n) is 9.21. The van der Waals surface area contributed by atoms with Crippen LogP contribution in [0.15, 0.2) is 29.4 Å². The molecule has 4 rings (SSSR count). The number of benzene rings is 1. The average molecular weight is 356 g/mol. The van der Waals surface area contributed by atoms with Crippen molar-refractivity contribution in [3.8, 4) is 0 Å². The molecule has 0 aliphatic carbocycles. The normalized spacial score (nSPS) is 21.7. The first-order valence-corrected chi connectivity index (χ1v) is 10.1. The van der Waals surface area contributed by atoms with Crippen molar-refractivity contribution < 1.29 is 4.79 Å². The molecule has 0 saturated carbocycles. The van der Waals surface area contributed by atoms with Crippen LogP contribution in [0.4, 0.5) is 0 Å². The molecule has 0 radical (unpaired) electrons. The van der Waals surface area contributed by atoms with Gasteiger partial charge >= 0.3 is 0 Å². The second kappa shape index (κ2) is 6.92. The van der Waals surface area contributed by atoms with Crippen LogP contribution >= 0.6 is 11.8 Å². The number of fused-ring (bicyclic) bond motifs is 1. The predicted molar refractivity (Wildman–Crippen MR) is 99.0 cm³/mol. The highest BCUT2D eigenvalue weighted by molar-refractivity contribution is 8.00. The molecule has 25 heavy (non-hydrogen) atoms. The summed E-state index contributed by atoms with van der Waals surface area (Å²) in [7, 11) is 0. The Labute approximate surface area is 152 Å². The fourth-order valence-corrected chi connectivity index (χ4v) is 5.01. The summed E-state index contributed by atoms with van der Waals surface area (Å²) < 4.78 is 1.53. The van der Waals surface area contributed by atoms with Crippen LogP contribution < -0.4 is 0 Å². The summed E-state index contributed by atoms with van der Waals surface area (Å²) in [6, 6.07) is 8.87. The number of aryl methyl sites for hydroxylation is 2. The van der Waals surface area contributed by atoms with Gasteiger partial charge in [-0.25, -0.2) is 4.98 Å². The van der Waals surface area contributed by atoms with E-state index in [9.17, 15) is 4.79 Å². The van der Waals surface area contributed by atoms with Crippen LogP contribution in [0.1, 0.15) is 54.5 Å². The van der Waals surface area contributed by atoms with E-state index >= 15 is 0 Å². The topological polar surface area (TPSA) is 51.0 Å². The van der Waals surface area contributed by atoms with Crippen LogP contribution in [0.25, 0.3) is 0 Å². The second-order valence-electron chi connectivity index (χ2n) is 6.74. The second-order valence-corrected chi connectivity index (χ2v) is 7.84. The van der Waals surface area contributed by atoms with E-state index in [0.29, 0.717) is 0 Å². The van der Waals surface area contributed by atoms with Crippen molar-refractivity contribution in [1.82, 2.24) is 19.7 Å². The Balaban J connectivity index is 1.66. The summed E-state index contributed by atoms with van der Waals surface area (Å²) in [6.45, 7) is 6.29. The molecule has 6 heteroatoms. The summed E-state index contributed by atoms with van der Waals surface area (Å²) in [5.74, 6) is 0.822. The monoisotopic (exact) mass is 356 g/mol. The smallest absolute Gasteiger partial charge is 0.264 e. The lowest BCUT2D eigenvalue weighted by Gasteiger charge is -2.31. The minimum absolute atomic E-state index is 0.0728. The Hall–Kier alpha value is -1.66. The van der Waals surface area contributed by atoms with Crippen LogP contribution in [0.3, 0.4) is 0 Å². The molecule has 0 bridgehead atoms. The van der Waals surface area contributed by atoms with E-state index in [-0.39, 0.29) is 17.2 Å². The number of likely N-dealkylation sites (tertiary alicyclic amines) is 1. The van der Waals surface area contributed by atoms with Crippen LogP contribution in [-0.4, -0.2) is 43.9 Å². The highest BCUT2D eigenvalue weighted by Gasteiger charge is 2.43. The summed E-state index contributed by atoms with van der Waals surface area (Å²) in [5, 5.41) is 4.98. The third-order valence-corrected chi connectivity index (χ3v) is 6.36. The summed E-state index contributed by atoms with van der Waals surface area (Å²) in [4.78, 5) is 20.0. The molecule has 2 aliphatic rings. The zero-order chi connectivity index (χ0) is 17.4. The lowest BCUT2D eigenvalue weighted by atomic mass is 9.99. The van der Waals surface area contributed by atoms with Crippen molar-refractivity contribution in [3.05, 3.63) is 41.2 Å². The van der Waals surface area contributed by atoms with Gasteiger partial charge in [0.25, 0.3) is 5.91 Å². The largest absolute Gasteiger partial charge is 0.295 e. The predicted octanol–water partition coefficient (Wildman–Crippen LogP) is 3.35. The molecule has 2 atom stereocenters. The Morgan fingerprint density at radius 2 is 1.88 bits per heavy atom. The molecule has 2 aromatic rings.